The number of hydrogen-bond donors (Lipinski definition) is 0. The molecule has 0 N–H and O–H groups in total. The fourth-order valence-electron chi connectivity index (χ4n) is 2.68. The van der Waals surface area contributed by atoms with E-state index < -0.39 is 0 Å². The molecule has 27 heavy (non-hydrogen) atoms. The first-order valence-electron chi connectivity index (χ1n) is 8.67. The Hall–Kier alpha value is -2.73. The highest BCUT2D eigenvalue weighted by molar-refractivity contribution is 8.18. The lowest BCUT2D eigenvalue weighted by molar-refractivity contribution is -0.123. The SMILES string of the molecule is Cc1ccccc1OCCN1C(=O)S/C(=C/c2ccc(N(C)C)cc2)C1=O. The number of nitrogens with zero attached hydrogens (tertiary/aromatic N) is 2. The van der Waals surface area contributed by atoms with Gasteiger partial charge < -0.3 is 9.64 Å². The van der Waals surface area contributed by atoms with Crippen molar-refractivity contribution in [1.29, 1.82) is 0 Å². The highest BCUT2D eigenvalue weighted by Crippen LogP contribution is 2.32. The molecule has 140 valence electrons. The standard InChI is InChI=1S/C21H22N2O3S/c1-15-6-4-5-7-18(15)26-13-12-23-20(24)19(27-21(23)25)14-16-8-10-17(11-9-16)22(2)3/h4-11,14H,12-13H2,1-3H3/b19-14+. The van der Waals surface area contributed by atoms with Crippen molar-refractivity contribution in [2.24, 2.45) is 0 Å². The number of ether oxygens (including phenoxy) is 1. The second-order valence-corrected chi connectivity index (χ2v) is 7.43. The predicted molar refractivity (Wildman–Crippen MR) is 110 cm³/mol. The molecule has 0 unspecified atom stereocenters. The molecule has 1 aliphatic heterocycles. The molecule has 0 spiro atoms. The van der Waals surface area contributed by atoms with Crippen molar-refractivity contribution in [2.75, 3.05) is 32.1 Å². The predicted octanol–water partition coefficient (Wildman–Crippen LogP) is 4.18. The van der Waals surface area contributed by atoms with Gasteiger partial charge >= 0.3 is 0 Å². The molecule has 0 bridgehead atoms. The molecule has 1 heterocycles. The molecule has 2 amide bonds. The smallest absolute Gasteiger partial charge is 0.293 e. The molecule has 1 aliphatic rings. The number of benzene rings is 2. The normalized spacial score (nSPS) is 15.5. The number of aryl methyl sites for hydroxylation is 1. The number of anilines is 1. The van der Waals surface area contributed by atoms with Crippen LogP contribution in [0.2, 0.25) is 0 Å². The van der Waals surface area contributed by atoms with Gasteiger partial charge in [0.1, 0.15) is 12.4 Å². The van der Waals surface area contributed by atoms with Crippen molar-refractivity contribution in [3.8, 4) is 5.75 Å². The van der Waals surface area contributed by atoms with Gasteiger partial charge in [0.15, 0.2) is 0 Å². The summed E-state index contributed by atoms with van der Waals surface area (Å²) in [5.41, 5.74) is 2.99. The van der Waals surface area contributed by atoms with E-state index in [0.29, 0.717) is 4.91 Å². The first-order chi connectivity index (χ1) is 13.0. The molecule has 6 heteroatoms. The van der Waals surface area contributed by atoms with Crippen LogP contribution < -0.4 is 9.64 Å². The van der Waals surface area contributed by atoms with Gasteiger partial charge in [-0.1, -0.05) is 30.3 Å². The monoisotopic (exact) mass is 382 g/mol. The van der Waals surface area contributed by atoms with Gasteiger partial charge in [-0.05, 0) is 54.1 Å². The molecule has 0 atom stereocenters. The van der Waals surface area contributed by atoms with Crippen LogP contribution >= 0.6 is 11.8 Å². The van der Waals surface area contributed by atoms with E-state index in [4.69, 9.17) is 4.74 Å². The average molecular weight is 382 g/mol. The molecule has 0 aromatic heterocycles. The van der Waals surface area contributed by atoms with Crippen LogP contribution in [0.1, 0.15) is 11.1 Å². The lowest BCUT2D eigenvalue weighted by Gasteiger charge is -2.14. The first-order valence-corrected chi connectivity index (χ1v) is 9.48. The Morgan fingerprint density at radius 1 is 1.07 bits per heavy atom. The fourth-order valence-corrected chi connectivity index (χ4v) is 3.54. The number of rotatable bonds is 6. The third-order valence-electron chi connectivity index (χ3n) is 4.25. The van der Waals surface area contributed by atoms with Gasteiger partial charge in [-0.3, -0.25) is 14.5 Å². The van der Waals surface area contributed by atoms with E-state index >= 15 is 0 Å². The molecule has 2 aromatic rings. The minimum Gasteiger partial charge on any atom is -0.491 e. The Bertz CT molecular complexity index is 875. The maximum Gasteiger partial charge on any atom is 0.293 e. The fraction of sp³-hybridized carbons (Fsp3) is 0.238. The lowest BCUT2D eigenvalue weighted by Crippen LogP contribution is -2.32. The second kappa shape index (κ2) is 8.31. The van der Waals surface area contributed by atoms with E-state index in [1.54, 1.807) is 6.08 Å². The van der Waals surface area contributed by atoms with Crippen molar-refractivity contribution in [3.05, 3.63) is 64.6 Å². The molecule has 0 saturated carbocycles. The number of carbonyl (C=O) groups excluding carboxylic acids is 2. The molecule has 1 fully saturated rings. The minimum absolute atomic E-state index is 0.232. The topological polar surface area (TPSA) is 49.9 Å². The third-order valence-corrected chi connectivity index (χ3v) is 5.15. The third kappa shape index (κ3) is 4.52. The van der Waals surface area contributed by atoms with Crippen molar-refractivity contribution < 1.29 is 14.3 Å². The largest absolute Gasteiger partial charge is 0.491 e. The van der Waals surface area contributed by atoms with Gasteiger partial charge in [0.05, 0.1) is 11.4 Å². The van der Waals surface area contributed by atoms with Crippen LogP contribution in [0.3, 0.4) is 0 Å². The summed E-state index contributed by atoms with van der Waals surface area (Å²) in [6, 6.07) is 15.5. The van der Waals surface area contributed by atoms with Gasteiger partial charge in [-0.2, -0.15) is 0 Å². The van der Waals surface area contributed by atoms with Crippen LogP contribution in [0.5, 0.6) is 5.75 Å². The number of carbonyl (C=O) groups is 2. The average Bonchev–Trinajstić information content (AvgIpc) is 2.91. The summed E-state index contributed by atoms with van der Waals surface area (Å²) in [5.74, 6) is 0.496. The highest BCUT2D eigenvalue weighted by atomic mass is 32.2. The van der Waals surface area contributed by atoms with Gasteiger partial charge in [-0.25, -0.2) is 0 Å². The Balaban J connectivity index is 1.63. The van der Waals surface area contributed by atoms with Crippen LogP contribution in [0.4, 0.5) is 10.5 Å². The van der Waals surface area contributed by atoms with E-state index in [1.807, 2.05) is 74.4 Å². The second-order valence-electron chi connectivity index (χ2n) is 6.43. The van der Waals surface area contributed by atoms with Crippen molar-refractivity contribution in [2.45, 2.75) is 6.92 Å². The number of amides is 2. The Morgan fingerprint density at radius 2 is 1.78 bits per heavy atom. The summed E-state index contributed by atoms with van der Waals surface area (Å²) < 4.78 is 5.70. The zero-order chi connectivity index (χ0) is 19.4. The van der Waals surface area contributed by atoms with E-state index in [1.165, 1.54) is 4.90 Å². The van der Waals surface area contributed by atoms with Crippen LogP contribution in [-0.2, 0) is 4.79 Å². The van der Waals surface area contributed by atoms with E-state index in [0.717, 1.165) is 34.3 Å². The summed E-state index contributed by atoms with van der Waals surface area (Å²) >= 11 is 0.969. The van der Waals surface area contributed by atoms with Crippen molar-refractivity contribution >= 4 is 34.7 Å². The van der Waals surface area contributed by atoms with E-state index in [2.05, 4.69) is 0 Å². The highest BCUT2D eigenvalue weighted by Gasteiger charge is 2.34. The lowest BCUT2D eigenvalue weighted by atomic mass is 10.2. The summed E-state index contributed by atoms with van der Waals surface area (Å²) in [6.45, 7) is 2.46. The van der Waals surface area contributed by atoms with Crippen LogP contribution in [-0.4, -0.2) is 43.3 Å². The van der Waals surface area contributed by atoms with Gasteiger partial charge in [0.2, 0.25) is 0 Å². The van der Waals surface area contributed by atoms with Gasteiger partial charge in [0, 0.05) is 19.8 Å². The molecule has 3 rings (SSSR count). The number of imide groups is 1. The molecule has 5 nitrogen and oxygen atoms in total. The first kappa shape index (κ1) is 19.0. The summed E-state index contributed by atoms with van der Waals surface area (Å²) in [4.78, 5) is 28.4. The summed E-state index contributed by atoms with van der Waals surface area (Å²) in [5, 5.41) is -0.260. The van der Waals surface area contributed by atoms with E-state index in [-0.39, 0.29) is 24.3 Å². The van der Waals surface area contributed by atoms with E-state index in [9.17, 15) is 9.59 Å². The zero-order valence-corrected chi connectivity index (χ0v) is 16.5. The Labute approximate surface area is 163 Å². The molecule has 0 aliphatic carbocycles. The van der Waals surface area contributed by atoms with Crippen molar-refractivity contribution in [1.82, 2.24) is 4.90 Å². The number of para-hydroxylation sites is 1. The quantitative estimate of drug-likeness (QED) is 0.702. The molecular weight excluding hydrogens is 360 g/mol. The Morgan fingerprint density at radius 3 is 2.44 bits per heavy atom. The van der Waals surface area contributed by atoms with Crippen molar-refractivity contribution in [3.63, 3.8) is 0 Å². The summed E-state index contributed by atoms with van der Waals surface area (Å²) in [7, 11) is 3.94. The molecule has 0 radical (unpaired) electrons. The van der Waals surface area contributed by atoms with Crippen LogP contribution in [0, 0.1) is 6.92 Å². The number of thioether (sulfide) groups is 1. The minimum atomic E-state index is -0.268. The molecular formula is C21H22N2O3S. The number of hydrogen-bond acceptors (Lipinski definition) is 5. The Kier molecular flexibility index (Phi) is 5.86. The summed E-state index contributed by atoms with van der Waals surface area (Å²) in [6.07, 6.45) is 1.76. The van der Waals surface area contributed by atoms with Gasteiger partial charge in [-0.15, -0.1) is 0 Å². The molecule has 1 saturated heterocycles. The van der Waals surface area contributed by atoms with Gasteiger partial charge in [0.25, 0.3) is 11.1 Å². The zero-order valence-electron chi connectivity index (χ0n) is 15.6. The van der Waals surface area contributed by atoms with Crippen LogP contribution in [0.15, 0.2) is 53.4 Å². The maximum absolute atomic E-state index is 12.6. The van der Waals surface area contributed by atoms with Crippen LogP contribution in [0.25, 0.3) is 6.08 Å². The molecule has 2 aromatic carbocycles. The maximum atomic E-state index is 12.6.